The number of nitrogens with zero attached hydrogens (tertiary/aromatic N) is 1. The van der Waals surface area contributed by atoms with Crippen LogP contribution < -0.4 is 10.6 Å². The minimum Gasteiger partial charge on any atom is -0.368 e. The highest BCUT2D eigenvalue weighted by atomic mass is 32.1. The van der Waals surface area contributed by atoms with Gasteiger partial charge in [-0.15, -0.1) is 11.3 Å². The molecule has 166 valence electrons. The first kappa shape index (κ1) is 22.0. The standard InChI is InChI=1S/C22H18F3N3O3S/c23-22(24,25)14-12-13(26-21(30)17-5-3-11-31-17)7-8-15(14)27-19(29)9-10-20-28-16-4-1-2-6-18(16)32-20/h1-2,4,6-10,12,17H,3,5,11H2,(H,26,30)(H,27,29)/b10-9+. The van der Waals surface area contributed by atoms with Gasteiger partial charge in [0, 0.05) is 18.4 Å². The quantitative estimate of drug-likeness (QED) is 0.519. The summed E-state index contributed by atoms with van der Waals surface area (Å²) in [7, 11) is 0. The van der Waals surface area contributed by atoms with Gasteiger partial charge in [0.15, 0.2) is 0 Å². The highest BCUT2D eigenvalue weighted by Crippen LogP contribution is 2.37. The topological polar surface area (TPSA) is 80.3 Å². The maximum absolute atomic E-state index is 13.6. The number of nitrogens with one attached hydrogen (secondary N) is 2. The smallest absolute Gasteiger partial charge is 0.368 e. The summed E-state index contributed by atoms with van der Waals surface area (Å²) >= 11 is 1.36. The first-order valence-electron chi connectivity index (χ1n) is 9.78. The molecule has 3 aromatic rings. The van der Waals surface area contributed by atoms with Gasteiger partial charge in [-0.25, -0.2) is 4.98 Å². The van der Waals surface area contributed by atoms with E-state index in [1.54, 1.807) is 0 Å². The lowest BCUT2D eigenvalue weighted by Gasteiger charge is -2.16. The fraction of sp³-hybridized carbons (Fsp3) is 0.227. The Balaban J connectivity index is 1.48. The molecule has 1 aromatic heterocycles. The van der Waals surface area contributed by atoms with E-state index in [1.165, 1.54) is 23.5 Å². The normalized spacial score (nSPS) is 16.5. The fourth-order valence-corrected chi connectivity index (χ4v) is 4.13. The van der Waals surface area contributed by atoms with Crippen LogP contribution in [0.25, 0.3) is 16.3 Å². The van der Waals surface area contributed by atoms with Crippen LogP contribution in [-0.4, -0.2) is 29.5 Å². The van der Waals surface area contributed by atoms with E-state index in [0.29, 0.717) is 18.0 Å². The Morgan fingerprint density at radius 2 is 1.97 bits per heavy atom. The summed E-state index contributed by atoms with van der Waals surface area (Å²) in [4.78, 5) is 28.7. The SMILES string of the molecule is O=C(/C=C/c1nc2ccccc2s1)Nc1ccc(NC(=O)C2CCCO2)cc1C(F)(F)F. The Bertz CT molecular complexity index is 1150. The number of hydrogen-bond acceptors (Lipinski definition) is 5. The predicted octanol–water partition coefficient (Wildman–Crippen LogP) is 5.08. The molecule has 0 radical (unpaired) electrons. The number of para-hydroxylation sites is 1. The van der Waals surface area contributed by atoms with Gasteiger partial charge in [0.1, 0.15) is 11.1 Å². The second-order valence-corrected chi connectivity index (χ2v) is 8.15. The number of carbonyl (C=O) groups is 2. The Kier molecular flexibility index (Phi) is 6.24. The molecule has 2 N–H and O–H groups in total. The van der Waals surface area contributed by atoms with E-state index in [9.17, 15) is 22.8 Å². The molecule has 0 saturated carbocycles. The van der Waals surface area contributed by atoms with Crippen molar-refractivity contribution in [2.45, 2.75) is 25.1 Å². The molecule has 2 amide bonds. The van der Waals surface area contributed by atoms with Crippen molar-refractivity contribution in [2.24, 2.45) is 0 Å². The number of halogens is 3. The minimum absolute atomic E-state index is 0.0270. The predicted molar refractivity (Wildman–Crippen MR) is 116 cm³/mol. The zero-order chi connectivity index (χ0) is 22.7. The van der Waals surface area contributed by atoms with Crippen LogP contribution in [0, 0.1) is 0 Å². The van der Waals surface area contributed by atoms with Crippen LogP contribution >= 0.6 is 11.3 Å². The first-order valence-corrected chi connectivity index (χ1v) is 10.6. The fourth-order valence-electron chi connectivity index (χ4n) is 3.26. The van der Waals surface area contributed by atoms with Crippen molar-refractivity contribution >= 4 is 50.8 Å². The van der Waals surface area contributed by atoms with Crippen molar-refractivity contribution in [3.63, 3.8) is 0 Å². The van der Waals surface area contributed by atoms with Gasteiger partial charge in [0.05, 0.1) is 21.5 Å². The van der Waals surface area contributed by atoms with Crippen molar-refractivity contribution in [2.75, 3.05) is 17.2 Å². The highest BCUT2D eigenvalue weighted by molar-refractivity contribution is 7.19. The Labute approximate surface area is 185 Å². The first-order chi connectivity index (χ1) is 15.3. The molecule has 1 unspecified atom stereocenters. The third-order valence-electron chi connectivity index (χ3n) is 4.76. The van der Waals surface area contributed by atoms with Gasteiger partial charge in [-0.1, -0.05) is 12.1 Å². The largest absolute Gasteiger partial charge is 0.418 e. The second kappa shape index (κ2) is 9.09. The maximum Gasteiger partial charge on any atom is 0.418 e. The van der Waals surface area contributed by atoms with Gasteiger partial charge in [0.25, 0.3) is 5.91 Å². The molecule has 1 fully saturated rings. The number of carbonyl (C=O) groups excluding carboxylic acids is 2. The molecule has 2 aromatic carbocycles. The number of benzene rings is 2. The van der Waals surface area contributed by atoms with Crippen molar-refractivity contribution in [1.29, 1.82) is 0 Å². The second-order valence-electron chi connectivity index (χ2n) is 7.09. The molecular weight excluding hydrogens is 443 g/mol. The van der Waals surface area contributed by atoms with Crippen LogP contribution in [0.2, 0.25) is 0 Å². The van der Waals surface area contributed by atoms with E-state index in [2.05, 4.69) is 15.6 Å². The molecule has 10 heteroatoms. The van der Waals surface area contributed by atoms with E-state index in [0.717, 1.165) is 34.8 Å². The van der Waals surface area contributed by atoms with Crippen LogP contribution in [0.5, 0.6) is 0 Å². The lowest BCUT2D eigenvalue weighted by atomic mass is 10.1. The van der Waals surface area contributed by atoms with Gasteiger partial charge in [0.2, 0.25) is 5.91 Å². The summed E-state index contributed by atoms with van der Waals surface area (Å²) in [6.07, 6.45) is -1.58. The molecule has 1 saturated heterocycles. The Morgan fingerprint density at radius 1 is 1.16 bits per heavy atom. The molecule has 4 rings (SSSR count). The monoisotopic (exact) mass is 461 g/mol. The van der Waals surface area contributed by atoms with E-state index in [4.69, 9.17) is 4.74 Å². The number of anilines is 2. The molecule has 1 aliphatic rings. The summed E-state index contributed by atoms with van der Waals surface area (Å²) in [6, 6.07) is 10.6. The lowest BCUT2D eigenvalue weighted by Crippen LogP contribution is -2.27. The van der Waals surface area contributed by atoms with Crippen molar-refractivity contribution < 1.29 is 27.5 Å². The highest BCUT2D eigenvalue weighted by Gasteiger charge is 2.34. The Hall–Kier alpha value is -3.24. The number of thiazole rings is 1. The van der Waals surface area contributed by atoms with E-state index < -0.39 is 35.3 Å². The average Bonchev–Trinajstić information content (AvgIpc) is 3.42. The van der Waals surface area contributed by atoms with Gasteiger partial charge in [-0.05, 0) is 49.2 Å². The molecule has 1 atom stereocenters. The van der Waals surface area contributed by atoms with Crippen LogP contribution in [0.4, 0.5) is 24.5 Å². The van der Waals surface area contributed by atoms with Gasteiger partial charge >= 0.3 is 6.18 Å². The number of amides is 2. The summed E-state index contributed by atoms with van der Waals surface area (Å²) < 4.78 is 46.9. The molecule has 1 aliphatic heterocycles. The molecule has 6 nitrogen and oxygen atoms in total. The number of rotatable bonds is 5. The van der Waals surface area contributed by atoms with Crippen molar-refractivity contribution in [3.8, 4) is 0 Å². The van der Waals surface area contributed by atoms with Crippen LogP contribution in [-0.2, 0) is 20.5 Å². The molecule has 0 bridgehead atoms. The van der Waals surface area contributed by atoms with Gasteiger partial charge in [-0.2, -0.15) is 13.2 Å². The molecule has 32 heavy (non-hydrogen) atoms. The van der Waals surface area contributed by atoms with E-state index >= 15 is 0 Å². The Morgan fingerprint density at radius 3 is 2.69 bits per heavy atom. The van der Waals surface area contributed by atoms with Gasteiger partial charge in [-0.3, -0.25) is 9.59 Å². The number of ether oxygens (including phenoxy) is 1. The molecular formula is C22H18F3N3O3S. The third-order valence-corrected chi connectivity index (χ3v) is 5.76. The number of aromatic nitrogens is 1. The summed E-state index contributed by atoms with van der Waals surface area (Å²) in [5, 5.41) is 5.25. The lowest BCUT2D eigenvalue weighted by molar-refractivity contribution is -0.137. The van der Waals surface area contributed by atoms with Crippen LogP contribution in [0.15, 0.2) is 48.5 Å². The molecule has 0 spiro atoms. The van der Waals surface area contributed by atoms with E-state index in [-0.39, 0.29) is 5.69 Å². The third kappa shape index (κ3) is 5.14. The molecule has 0 aliphatic carbocycles. The zero-order valence-corrected chi connectivity index (χ0v) is 17.4. The van der Waals surface area contributed by atoms with Crippen LogP contribution in [0.1, 0.15) is 23.4 Å². The zero-order valence-electron chi connectivity index (χ0n) is 16.6. The van der Waals surface area contributed by atoms with Gasteiger partial charge < -0.3 is 15.4 Å². The average molecular weight is 461 g/mol. The summed E-state index contributed by atoms with van der Waals surface area (Å²) in [6.45, 7) is 0.446. The number of hydrogen-bond donors (Lipinski definition) is 2. The van der Waals surface area contributed by atoms with Crippen LogP contribution in [0.3, 0.4) is 0 Å². The maximum atomic E-state index is 13.6. The summed E-state index contributed by atoms with van der Waals surface area (Å²) in [5.41, 5.74) is -0.727. The minimum atomic E-state index is -4.73. The summed E-state index contributed by atoms with van der Waals surface area (Å²) in [5.74, 6) is -1.22. The number of alkyl halides is 3. The van der Waals surface area contributed by atoms with E-state index in [1.807, 2.05) is 24.3 Å². The van der Waals surface area contributed by atoms with Crippen molar-refractivity contribution in [1.82, 2.24) is 4.98 Å². The number of fused-ring (bicyclic) bond motifs is 1. The molecule has 2 heterocycles. The van der Waals surface area contributed by atoms with Crippen molar-refractivity contribution in [3.05, 3.63) is 59.1 Å².